The third-order valence-corrected chi connectivity index (χ3v) is 4.35. The summed E-state index contributed by atoms with van der Waals surface area (Å²) in [6.07, 6.45) is 3.37. The first-order chi connectivity index (χ1) is 14.5. The summed E-state index contributed by atoms with van der Waals surface area (Å²) >= 11 is 0. The number of methoxy groups -OCH3 is 1. The van der Waals surface area contributed by atoms with Crippen LogP contribution in [0.5, 0.6) is 0 Å². The number of esters is 1. The number of aromatic nitrogens is 4. The predicted molar refractivity (Wildman–Crippen MR) is 103 cm³/mol. The molecule has 3 aromatic heterocycles. The molecule has 30 heavy (non-hydrogen) atoms. The predicted octanol–water partition coefficient (Wildman–Crippen LogP) is 3.34. The lowest BCUT2D eigenvalue weighted by Gasteiger charge is -2.10. The highest BCUT2D eigenvalue weighted by molar-refractivity contribution is 6.07. The lowest BCUT2D eigenvalue weighted by atomic mass is 10.1. The van der Waals surface area contributed by atoms with Crippen molar-refractivity contribution in [2.75, 3.05) is 12.4 Å². The lowest BCUT2D eigenvalue weighted by Crippen LogP contribution is -2.18. The number of halogens is 2. The minimum absolute atomic E-state index is 0.0846. The number of carbonyl (C=O) groups is 2. The second-order valence-corrected chi connectivity index (χ2v) is 6.16. The van der Waals surface area contributed by atoms with Crippen LogP contribution in [0.25, 0.3) is 22.3 Å². The third-order valence-electron chi connectivity index (χ3n) is 4.35. The minimum atomic E-state index is -1.24. The van der Waals surface area contributed by atoms with Gasteiger partial charge in [-0.15, -0.1) is 10.2 Å². The Morgan fingerprint density at radius 3 is 2.60 bits per heavy atom. The number of benzene rings is 1. The van der Waals surface area contributed by atoms with Crippen molar-refractivity contribution < 1.29 is 23.1 Å². The molecule has 0 aliphatic carbocycles. The van der Waals surface area contributed by atoms with Crippen molar-refractivity contribution in [3.63, 3.8) is 0 Å². The molecule has 8 nitrogen and oxygen atoms in total. The first kappa shape index (κ1) is 19.1. The van der Waals surface area contributed by atoms with Gasteiger partial charge < -0.3 is 15.0 Å². The molecule has 2 N–H and O–H groups in total. The summed E-state index contributed by atoms with van der Waals surface area (Å²) in [7, 11) is 1.08. The van der Waals surface area contributed by atoms with Gasteiger partial charge in [0.25, 0.3) is 5.91 Å². The smallest absolute Gasteiger partial charge is 0.340 e. The molecule has 0 unspecified atom stereocenters. The van der Waals surface area contributed by atoms with Crippen molar-refractivity contribution in [1.29, 1.82) is 0 Å². The van der Waals surface area contributed by atoms with Crippen LogP contribution in [-0.4, -0.2) is 39.2 Å². The Balaban J connectivity index is 1.62. The highest BCUT2D eigenvalue weighted by Crippen LogP contribution is 2.25. The van der Waals surface area contributed by atoms with Crippen LogP contribution in [0.2, 0.25) is 0 Å². The molecular formula is C20H13F2N5O3. The number of H-pyrrole nitrogens is 1. The number of hydrogen-bond donors (Lipinski definition) is 2. The normalized spacial score (nSPS) is 10.8. The number of hydrogen-bond acceptors (Lipinski definition) is 6. The Labute approximate surface area is 167 Å². The number of rotatable bonds is 4. The fourth-order valence-electron chi connectivity index (χ4n) is 2.90. The van der Waals surface area contributed by atoms with Crippen molar-refractivity contribution in [2.24, 2.45) is 0 Å². The molecule has 0 spiro atoms. The number of anilines is 1. The van der Waals surface area contributed by atoms with E-state index in [0.717, 1.165) is 18.1 Å². The zero-order chi connectivity index (χ0) is 21.3. The summed E-state index contributed by atoms with van der Waals surface area (Å²) in [5.74, 6) is -4.16. The van der Waals surface area contributed by atoms with E-state index in [0.29, 0.717) is 23.5 Å². The van der Waals surface area contributed by atoms with E-state index in [2.05, 4.69) is 30.2 Å². The fourth-order valence-corrected chi connectivity index (χ4v) is 2.90. The lowest BCUT2D eigenvalue weighted by molar-refractivity contribution is 0.0601. The van der Waals surface area contributed by atoms with E-state index in [4.69, 9.17) is 0 Å². The zero-order valence-corrected chi connectivity index (χ0v) is 15.4. The molecule has 0 atom stereocenters. The summed E-state index contributed by atoms with van der Waals surface area (Å²) < 4.78 is 31.6. The van der Waals surface area contributed by atoms with E-state index < -0.39 is 23.5 Å². The van der Waals surface area contributed by atoms with Gasteiger partial charge >= 0.3 is 5.97 Å². The van der Waals surface area contributed by atoms with Gasteiger partial charge in [0, 0.05) is 29.4 Å². The van der Waals surface area contributed by atoms with E-state index in [1.165, 1.54) is 6.07 Å². The van der Waals surface area contributed by atoms with Gasteiger partial charge in [0.15, 0.2) is 17.3 Å². The third kappa shape index (κ3) is 3.46. The molecule has 0 saturated carbocycles. The topological polar surface area (TPSA) is 110 Å². The van der Waals surface area contributed by atoms with Crippen LogP contribution in [0.15, 0.2) is 48.8 Å². The molecule has 0 fully saturated rings. The van der Waals surface area contributed by atoms with Crippen molar-refractivity contribution in [3.05, 3.63) is 71.7 Å². The Morgan fingerprint density at radius 1 is 1.07 bits per heavy atom. The van der Waals surface area contributed by atoms with Crippen LogP contribution < -0.4 is 5.32 Å². The Kier molecular flexibility index (Phi) is 4.88. The van der Waals surface area contributed by atoms with Crippen molar-refractivity contribution in [3.8, 4) is 11.3 Å². The number of carbonyl (C=O) groups excluding carboxylic acids is 2. The van der Waals surface area contributed by atoms with Crippen molar-refractivity contribution in [2.45, 2.75) is 0 Å². The first-order valence-electron chi connectivity index (χ1n) is 8.63. The van der Waals surface area contributed by atoms with Gasteiger partial charge in [-0.25, -0.2) is 18.6 Å². The molecule has 0 aliphatic heterocycles. The molecule has 150 valence electrons. The van der Waals surface area contributed by atoms with Crippen LogP contribution in [0.1, 0.15) is 20.8 Å². The van der Waals surface area contributed by atoms with Gasteiger partial charge in [-0.05, 0) is 30.3 Å². The quantitative estimate of drug-likeness (QED) is 0.501. The fraction of sp³-hybridized carbons (Fsp3) is 0.0500. The van der Waals surface area contributed by atoms with Gasteiger partial charge in [-0.2, -0.15) is 0 Å². The van der Waals surface area contributed by atoms with Crippen LogP contribution >= 0.6 is 0 Å². The number of nitrogens with one attached hydrogen (secondary N) is 2. The molecule has 0 saturated heterocycles. The van der Waals surface area contributed by atoms with Crippen molar-refractivity contribution >= 4 is 28.6 Å². The number of fused-ring (bicyclic) bond motifs is 1. The van der Waals surface area contributed by atoms with Gasteiger partial charge in [0.05, 0.1) is 24.1 Å². The minimum Gasteiger partial charge on any atom is -0.465 e. The average Bonchev–Trinajstić information content (AvgIpc) is 3.24. The Hall–Kier alpha value is -4.21. The van der Waals surface area contributed by atoms with E-state index in [9.17, 15) is 18.4 Å². The molecule has 10 heteroatoms. The largest absolute Gasteiger partial charge is 0.465 e. The average molecular weight is 409 g/mol. The van der Waals surface area contributed by atoms with Gasteiger partial charge in [0.1, 0.15) is 5.65 Å². The second-order valence-electron chi connectivity index (χ2n) is 6.16. The highest BCUT2D eigenvalue weighted by atomic mass is 19.2. The number of nitrogens with zero attached hydrogens (tertiary/aromatic N) is 3. The number of amides is 1. The zero-order valence-electron chi connectivity index (χ0n) is 15.4. The number of aromatic amines is 1. The monoisotopic (exact) mass is 409 g/mol. The second kappa shape index (κ2) is 7.66. The molecule has 4 aromatic rings. The van der Waals surface area contributed by atoms with Gasteiger partial charge in [0.2, 0.25) is 0 Å². The van der Waals surface area contributed by atoms with E-state index in [1.807, 2.05) is 6.07 Å². The summed E-state index contributed by atoms with van der Waals surface area (Å²) in [6, 6.07) is 7.98. The highest BCUT2D eigenvalue weighted by Gasteiger charge is 2.20. The van der Waals surface area contributed by atoms with Crippen LogP contribution in [0, 0.1) is 11.6 Å². The maximum absolute atomic E-state index is 13.6. The molecule has 1 amide bonds. The number of ether oxygens (including phenoxy) is 1. The Morgan fingerprint density at radius 2 is 1.87 bits per heavy atom. The van der Waals surface area contributed by atoms with Gasteiger partial charge in [-0.1, -0.05) is 0 Å². The molecule has 1 aromatic carbocycles. The standard InChI is InChI=1S/C20H13F2N5O3/c1-30-20(29)12-8-13(21)14(22)9-17(12)25-19(28)16-3-2-15(26-27-16)10-4-6-23-18-11(10)5-7-24-18/h2-9H,1H3,(H,23,24)(H,25,28). The first-order valence-corrected chi connectivity index (χ1v) is 8.63. The summed E-state index contributed by atoms with van der Waals surface area (Å²) in [5.41, 5.74) is 1.31. The molecule has 0 radical (unpaired) electrons. The van der Waals surface area contributed by atoms with E-state index in [-0.39, 0.29) is 16.9 Å². The molecule has 4 rings (SSSR count). The molecule has 0 aliphatic rings. The molecule has 0 bridgehead atoms. The molecule has 3 heterocycles. The SMILES string of the molecule is COC(=O)c1cc(F)c(F)cc1NC(=O)c1ccc(-c2ccnc3[nH]ccc23)nn1. The molecular weight excluding hydrogens is 396 g/mol. The van der Waals surface area contributed by atoms with Crippen LogP contribution in [-0.2, 0) is 4.74 Å². The summed E-state index contributed by atoms with van der Waals surface area (Å²) in [6.45, 7) is 0. The summed E-state index contributed by atoms with van der Waals surface area (Å²) in [4.78, 5) is 31.5. The number of pyridine rings is 1. The summed E-state index contributed by atoms with van der Waals surface area (Å²) in [5, 5.41) is 11.1. The maximum Gasteiger partial charge on any atom is 0.340 e. The van der Waals surface area contributed by atoms with E-state index >= 15 is 0 Å². The van der Waals surface area contributed by atoms with Crippen LogP contribution in [0.4, 0.5) is 14.5 Å². The van der Waals surface area contributed by atoms with Gasteiger partial charge in [-0.3, -0.25) is 4.79 Å². The Bertz CT molecular complexity index is 1270. The van der Waals surface area contributed by atoms with Crippen LogP contribution in [0.3, 0.4) is 0 Å². The van der Waals surface area contributed by atoms with Crippen molar-refractivity contribution in [1.82, 2.24) is 20.2 Å². The maximum atomic E-state index is 13.6. The van der Waals surface area contributed by atoms with E-state index in [1.54, 1.807) is 24.5 Å².